The number of ether oxygens (including phenoxy) is 1. The third kappa shape index (κ3) is 2.40. The molecule has 0 unspecified atom stereocenters. The predicted octanol–water partition coefficient (Wildman–Crippen LogP) is 2.75. The Morgan fingerprint density at radius 3 is 3.00 bits per heavy atom. The minimum atomic E-state index is 0.109. The fraction of sp³-hybridized carbons (Fsp3) is 0.389. The number of hydrogen-bond acceptors (Lipinski definition) is 6. The largest absolute Gasteiger partial charge is 0.473 e. The number of H-pyrrole nitrogens is 1. The molecule has 4 aromatic heterocycles. The Hall–Kier alpha value is -3.03. The van der Waals surface area contributed by atoms with Gasteiger partial charge in [0, 0.05) is 24.5 Å². The highest BCUT2D eigenvalue weighted by Gasteiger charge is 2.38. The van der Waals surface area contributed by atoms with Crippen LogP contribution < -0.4 is 4.74 Å². The lowest BCUT2D eigenvalue weighted by Gasteiger charge is -2.15. The van der Waals surface area contributed by atoms with Gasteiger partial charge in [-0.1, -0.05) is 13.3 Å². The minimum absolute atomic E-state index is 0.109. The van der Waals surface area contributed by atoms with Crippen molar-refractivity contribution in [2.75, 3.05) is 0 Å². The Kier molecular flexibility index (Phi) is 3.55. The van der Waals surface area contributed by atoms with Gasteiger partial charge in [-0.15, -0.1) is 10.2 Å². The molecule has 1 aliphatic carbocycles. The summed E-state index contributed by atoms with van der Waals surface area (Å²) in [6, 6.07) is 2.02. The normalized spacial score (nSPS) is 23.0. The van der Waals surface area contributed by atoms with Crippen molar-refractivity contribution in [3.05, 3.63) is 42.9 Å². The van der Waals surface area contributed by atoms with E-state index < -0.39 is 0 Å². The van der Waals surface area contributed by atoms with Gasteiger partial charge in [0.05, 0.1) is 17.9 Å². The lowest BCUT2D eigenvalue weighted by atomic mass is 9.93. The highest BCUT2D eigenvalue weighted by atomic mass is 16.5. The van der Waals surface area contributed by atoms with Crippen LogP contribution in [-0.2, 0) is 0 Å². The number of nitrogens with one attached hydrogen (secondary N) is 1. The average Bonchev–Trinajstić information content (AvgIpc) is 3.39. The molecule has 3 atom stereocenters. The molecular weight excluding hydrogens is 330 g/mol. The van der Waals surface area contributed by atoms with Gasteiger partial charge in [-0.05, 0) is 24.8 Å². The van der Waals surface area contributed by atoms with E-state index in [0.717, 1.165) is 41.9 Å². The molecular formula is C18H19N7O. The van der Waals surface area contributed by atoms with Crippen LogP contribution in [-0.4, -0.2) is 40.6 Å². The minimum Gasteiger partial charge on any atom is -0.473 e. The Balaban J connectivity index is 1.51. The van der Waals surface area contributed by atoms with Crippen LogP contribution >= 0.6 is 0 Å². The Morgan fingerprint density at radius 2 is 2.15 bits per heavy atom. The average molecular weight is 349 g/mol. The molecule has 0 amide bonds. The summed E-state index contributed by atoms with van der Waals surface area (Å²) in [5.41, 5.74) is 2.63. The van der Waals surface area contributed by atoms with Crippen LogP contribution in [0.15, 0.2) is 37.1 Å². The second-order valence-corrected chi connectivity index (χ2v) is 6.75. The van der Waals surface area contributed by atoms with E-state index in [4.69, 9.17) is 4.74 Å². The van der Waals surface area contributed by atoms with Crippen molar-refractivity contribution in [3.8, 4) is 5.88 Å². The molecule has 0 bridgehead atoms. The molecule has 132 valence electrons. The fourth-order valence-electron chi connectivity index (χ4n) is 4.09. The van der Waals surface area contributed by atoms with Crippen molar-refractivity contribution in [1.82, 2.24) is 34.5 Å². The van der Waals surface area contributed by atoms with Crippen molar-refractivity contribution >= 4 is 16.8 Å². The third-order valence-electron chi connectivity index (χ3n) is 5.30. The maximum Gasteiger partial charge on any atom is 0.232 e. The predicted molar refractivity (Wildman–Crippen MR) is 94.8 cm³/mol. The SMILES string of the molecule is CC[C@@H]1C[C@H](Oc2cnccn2)C[C@H]1c1nnc2cnc3[nH]ccc3n12. The van der Waals surface area contributed by atoms with Crippen LogP contribution in [0.2, 0.25) is 0 Å². The Morgan fingerprint density at radius 1 is 1.19 bits per heavy atom. The van der Waals surface area contributed by atoms with E-state index in [1.54, 1.807) is 24.8 Å². The number of nitrogens with zero attached hydrogens (tertiary/aromatic N) is 6. The highest BCUT2D eigenvalue weighted by Crippen LogP contribution is 2.42. The molecule has 0 aromatic carbocycles. The van der Waals surface area contributed by atoms with Crippen LogP contribution in [0.5, 0.6) is 5.88 Å². The molecule has 8 nitrogen and oxygen atoms in total. The summed E-state index contributed by atoms with van der Waals surface area (Å²) in [5.74, 6) is 2.35. The van der Waals surface area contributed by atoms with Crippen LogP contribution in [0.25, 0.3) is 16.8 Å². The van der Waals surface area contributed by atoms with E-state index in [0.29, 0.717) is 11.8 Å². The van der Waals surface area contributed by atoms with E-state index in [1.165, 1.54) is 0 Å². The van der Waals surface area contributed by atoms with Gasteiger partial charge < -0.3 is 9.72 Å². The van der Waals surface area contributed by atoms with E-state index in [9.17, 15) is 0 Å². The van der Waals surface area contributed by atoms with E-state index in [2.05, 4.69) is 41.5 Å². The Bertz CT molecular complexity index is 1040. The smallest absolute Gasteiger partial charge is 0.232 e. The number of hydrogen-bond donors (Lipinski definition) is 1. The molecule has 4 aromatic rings. The van der Waals surface area contributed by atoms with Gasteiger partial charge in [-0.3, -0.25) is 9.38 Å². The van der Waals surface area contributed by atoms with E-state index >= 15 is 0 Å². The molecule has 4 heterocycles. The summed E-state index contributed by atoms with van der Waals surface area (Å²) in [6.45, 7) is 2.22. The summed E-state index contributed by atoms with van der Waals surface area (Å²) in [4.78, 5) is 15.9. The maximum atomic E-state index is 6.07. The van der Waals surface area contributed by atoms with Gasteiger partial charge in [-0.25, -0.2) is 9.97 Å². The van der Waals surface area contributed by atoms with Crippen LogP contribution in [0.3, 0.4) is 0 Å². The third-order valence-corrected chi connectivity index (χ3v) is 5.30. The van der Waals surface area contributed by atoms with Gasteiger partial charge >= 0.3 is 0 Å². The summed E-state index contributed by atoms with van der Waals surface area (Å²) in [7, 11) is 0. The van der Waals surface area contributed by atoms with Crippen LogP contribution in [0, 0.1) is 5.92 Å². The molecule has 0 saturated heterocycles. The van der Waals surface area contributed by atoms with Gasteiger partial charge in [0.2, 0.25) is 5.88 Å². The van der Waals surface area contributed by atoms with Gasteiger partial charge in [0.15, 0.2) is 11.3 Å². The number of aromatic nitrogens is 7. The second kappa shape index (κ2) is 6.05. The van der Waals surface area contributed by atoms with Crippen LogP contribution in [0.1, 0.15) is 37.9 Å². The van der Waals surface area contributed by atoms with Crippen molar-refractivity contribution in [1.29, 1.82) is 0 Å². The highest BCUT2D eigenvalue weighted by molar-refractivity contribution is 5.74. The first kappa shape index (κ1) is 15.2. The molecule has 26 heavy (non-hydrogen) atoms. The van der Waals surface area contributed by atoms with Crippen molar-refractivity contribution < 1.29 is 4.74 Å². The number of fused-ring (bicyclic) bond motifs is 3. The summed E-state index contributed by atoms with van der Waals surface area (Å²) in [5, 5.41) is 8.87. The topological polar surface area (TPSA) is 93.9 Å². The zero-order valence-corrected chi connectivity index (χ0v) is 14.4. The van der Waals surface area contributed by atoms with Crippen molar-refractivity contribution in [2.24, 2.45) is 5.92 Å². The molecule has 1 N–H and O–H groups in total. The Labute approximate surface area is 149 Å². The van der Waals surface area contributed by atoms with Gasteiger partial charge in [0.25, 0.3) is 0 Å². The molecule has 0 radical (unpaired) electrons. The molecule has 1 saturated carbocycles. The molecule has 8 heteroatoms. The molecule has 1 fully saturated rings. The molecule has 0 aliphatic heterocycles. The fourth-order valence-corrected chi connectivity index (χ4v) is 4.09. The summed E-state index contributed by atoms with van der Waals surface area (Å²) >= 11 is 0. The second-order valence-electron chi connectivity index (χ2n) is 6.75. The zero-order chi connectivity index (χ0) is 17.5. The zero-order valence-electron chi connectivity index (χ0n) is 14.4. The van der Waals surface area contributed by atoms with E-state index in [-0.39, 0.29) is 12.0 Å². The first-order valence-electron chi connectivity index (χ1n) is 8.93. The number of rotatable bonds is 4. The summed E-state index contributed by atoms with van der Waals surface area (Å²) < 4.78 is 8.19. The van der Waals surface area contributed by atoms with Crippen molar-refractivity contribution in [2.45, 2.75) is 38.2 Å². The van der Waals surface area contributed by atoms with E-state index in [1.807, 2.05) is 12.3 Å². The number of aromatic amines is 1. The maximum absolute atomic E-state index is 6.07. The monoisotopic (exact) mass is 349 g/mol. The molecule has 1 aliphatic rings. The summed E-state index contributed by atoms with van der Waals surface area (Å²) in [6.07, 6.45) is 11.7. The quantitative estimate of drug-likeness (QED) is 0.609. The lowest BCUT2D eigenvalue weighted by Crippen LogP contribution is -2.13. The molecule has 5 rings (SSSR count). The first-order chi connectivity index (χ1) is 12.8. The molecule has 0 spiro atoms. The standard InChI is InChI=1S/C18H19N7O/c1-2-11-7-12(26-16-10-19-5-6-20-16)8-13(11)18-24-23-15-9-22-17-14(25(15)18)3-4-21-17/h3-6,9-13,21H,2,7-8H2,1H3/t11-,12+,13-/m1/s1. The van der Waals surface area contributed by atoms with Gasteiger partial charge in [-0.2, -0.15) is 0 Å². The van der Waals surface area contributed by atoms with Crippen molar-refractivity contribution in [3.63, 3.8) is 0 Å². The lowest BCUT2D eigenvalue weighted by molar-refractivity contribution is 0.194. The van der Waals surface area contributed by atoms with Crippen LogP contribution in [0.4, 0.5) is 0 Å². The first-order valence-corrected chi connectivity index (χ1v) is 8.93. The van der Waals surface area contributed by atoms with Gasteiger partial charge in [0.1, 0.15) is 11.9 Å².